The van der Waals surface area contributed by atoms with Crippen LogP contribution in [0.1, 0.15) is 27.2 Å². The van der Waals surface area contributed by atoms with E-state index < -0.39 is 10.0 Å². The van der Waals surface area contributed by atoms with Crippen molar-refractivity contribution in [3.8, 4) is 5.75 Å². The minimum Gasteiger partial charge on any atom is -0.492 e. The fourth-order valence-electron chi connectivity index (χ4n) is 2.94. The Bertz CT molecular complexity index is 735. The lowest BCUT2D eigenvalue weighted by Crippen LogP contribution is -2.43. The van der Waals surface area contributed by atoms with Crippen LogP contribution in [0.25, 0.3) is 0 Å². The highest BCUT2D eigenvalue weighted by Crippen LogP contribution is 2.29. The summed E-state index contributed by atoms with van der Waals surface area (Å²) >= 11 is 0. The molecule has 0 aliphatic carbocycles. The molecule has 0 radical (unpaired) electrons. The summed E-state index contributed by atoms with van der Waals surface area (Å²) in [6, 6.07) is 4.49. The molecule has 1 atom stereocenters. The van der Waals surface area contributed by atoms with E-state index >= 15 is 0 Å². The fourth-order valence-corrected chi connectivity index (χ4v) is 4.42. The molecule has 1 aliphatic rings. The fraction of sp³-hybridized carbons (Fsp3) is 0.611. The van der Waals surface area contributed by atoms with Crippen molar-refractivity contribution in [1.82, 2.24) is 9.62 Å². The van der Waals surface area contributed by atoms with Gasteiger partial charge >= 0.3 is 0 Å². The van der Waals surface area contributed by atoms with E-state index in [1.165, 1.54) is 16.4 Å². The van der Waals surface area contributed by atoms with E-state index in [0.29, 0.717) is 50.9 Å². The summed E-state index contributed by atoms with van der Waals surface area (Å²) in [5.74, 6) is 0.216. The summed E-state index contributed by atoms with van der Waals surface area (Å²) in [5.41, 5.74) is 0.354. The zero-order chi connectivity index (χ0) is 19.9. The molecule has 1 saturated heterocycles. The van der Waals surface area contributed by atoms with Gasteiger partial charge in [-0.3, -0.25) is 4.79 Å². The maximum absolute atomic E-state index is 12.8. The zero-order valence-electron chi connectivity index (χ0n) is 16.6. The molecular weight excluding hydrogens is 406 g/mol. The number of rotatable bonds is 9. The van der Waals surface area contributed by atoms with Crippen LogP contribution in [0.3, 0.4) is 0 Å². The van der Waals surface area contributed by atoms with Crippen LogP contribution < -0.4 is 15.4 Å². The van der Waals surface area contributed by atoms with Crippen LogP contribution >= 0.6 is 12.4 Å². The Hall–Kier alpha value is -1.39. The minimum absolute atomic E-state index is 0. The monoisotopic (exact) mass is 435 g/mol. The second-order valence-corrected chi connectivity index (χ2v) is 8.10. The third kappa shape index (κ3) is 6.31. The number of morpholine rings is 1. The van der Waals surface area contributed by atoms with Crippen molar-refractivity contribution >= 4 is 34.0 Å². The van der Waals surface area contributed by atoms with Crippen LogP contribution in [-0.2, 0) is 19.6 Å². The van der Waals surface area contributed by atoms with Crippen molar-refractivity contribution in [2.75, 3.05) is 44.8 Å². The van der Waals surface area contributed by atoms with Crippen molar-refractivity contribution < 1.29 is 22.7 Å². The Morgan fingerprint density at radius 2 is 2.04 bits per heavy atom. The highest BCUT2D eigenvalue weighted by Gasteiger charge is 2.24. The average Bonchev–Trinajstić information content (AvgIpc) is 2.64. The van der Waals surface area contributed by atoms with Gasteiger partial charge in [-0.15, -0.1) is 12.4 Å². The van der Waals surface area contributed by atoms with Crippen LogP contribution in [0.5, 0.6) is 5.75 Å². The molecule has 8 nitrogen and oxygen atoms in total. The van der Waals surface area contributed by atoms with Gasteiger partial charge in [0, 0.05) is 32.1 Å². The first-order valence-corrected chi connectivity index (χ1v) is 10.7. The number of anilines is 1. The number of hydrogen-bond acceptors (Lipinski definition) is 6. The minimum atomic E-state index is -3.62. The van der Waals surface area contributed by atoms with Gasteiger partial charge in [-0.05, 0) is 25.1 Å². The number of benzene rings is 1. The SMILES string of the molecule is CCOc1ccc(S(=O)(=O)N(CC)CC)cc1NC(=O)CC1COCCN1.Cl. The summed E-state index contributed by atoms with van der Waals surface area (Å²) in [4.78, 5) is 12.6. The Labute approximate surface area is 173 Å². The van der Waals surface area contributed by atoms with E-state index in [1.807, 2.05) is 6.92 Å². The van der Waals surface area contributed by atoms with Gasteiger partial charge in [-0.1, -0.05) is 13.8 Å². The van der Waals surface area contributed by atoms with Gasteiger partial charge in [0.15, 0.2) is 0 Å². The second kappa shape index (κ2) is 11.6. The number of amides is 1. The summed E-state index contributed by atoms with van der Waals surface area (Å²) in [6.07, 6.45) is 0.235. The maximum atomic E-state index is 12.8. The average molecular weight is 436 g/mol. The molecule has 1 unspecified atom stereocenters. The highest BCUT2D eigenvalue weighted by atomic mass is 35.5. The molecule has 28 heavy (non-hydrogen) atoms. The van der Waals surface area contributed by atoms with Gasteiger partial charge in [-0.2, -0.15) is 4.31 Å². The second-order valence-electron chi connectivity index (χ2n) is 6.16. The Balaban J connectivity index is 0.00000392. The molecule has 2 rings (SSSR count). The number of nitrogens with one attached hydrogen (secondary N) is 2. The normalized spacial score (nSPS) is 17.1. The predicted molar refractivity (Wildman–Crippen MR) is 111 cm³/mol. The molecule has 1 aliphatic heterocycles. The third-order valence-electron chi connectivity index (χ3n) is 4.30. The van der Waals surface area contributed by atoms with Crippen molar-refractivity contribution in [2.24, 2.45) is 0 Å². The molecule has 1 amide bonds. The lowest BCUT2D eigenvalue weighted by Gasteiger charge is -2.23. The number of sulfonamides is 1. The number of carbonyl (C=O) groups excluding carboxylic acids is 1. The summed E-state index contributed by atoms with van der Waals surface area (Å²) in [6.45, 7) is 8.38. The molecule has 0 saturated carbocycles. The van der Waals surface area contributed by atoms with Crippen LogP contribution in [-0.4, -0.2) is 64.1 Å². The van der Waals surface area contributed by atoms with Crippen LogP contribution in [0.2, 0.25) is 0 Å². The molecule has 1 fully saturated rings. The van der Waals surface area contributed by atoms with Gasteiger partial charge in [0.25, 0.3) is 0 Å². The number of nitrogens with zero attached hydrogens (tertiary/aromatic N) is 1. The molecule has 1 aromatic carbocycles. The van der Waals surface area contributed by atoms with Crippen molar-refractivity contribution in [3.63, 3.8) is 0 Å². The summed E-state index contributed by atoms with van der Waals surface area (Å²) < 4.78 is 37.8. The van der Waals surface area contributed by atoms with E-state index in [1.54, 1.807) is 19.9 Å². The Morgan fingerprint density at radius 3 is 2.61 bits per heavy atom. The molecule has 10 heteroatoms. The first-order chi connectivity index (χ1) is 12.9. The largest absolute Gasteiger partial charge is 0.492 e. The number of hydrogen-bond donors (Lipinski definition) is 2. The number of ether oxygens (including phenoxy) is 2. The molecule has 2 N–H and O–H groups in total. The van der Waals surface area contributed by atoms with Crippen LogP contribution in [0, 0.1) is 0 Å². The van der Waals surface area contributed by atoms with Crippen molar-refractivity contribution in [1.29, 1.82) is 0 Å². The molecule has 160 valence electrons. The van der Waals surface area contributed by atoms with Gasteiger partial charge in [0.05, 0.1) is 30.4 Å². The summed E-state index contributed by atoms with van der Waals surface area (Å²) in [5, 5.41) is 6.01. The topological polar surface area (TPSA) is 97.0 Å². The Kier molecular flexibility index (Phi) is 10.2. The van der Waals surface area contributed by atoms with Crippen molar-refractivity contribution in [2.45, 2.75) is 38.1 Å². The molecule has 1 aromatic rings. The summed E-state index contributed by atoms with van der Waals surface area (Å²) in [7, 11) is -3.62. The molecule has 0 aromatic heterocycles. The third-order valence-corrected chi connectivity index (χ3v) is 6.34. The van der Waals surface area contributed by atoms with E-state index in [9.17, 15) is 13.2 Å². The lowest BCUT2D eigenvalue weighted by atomic mass is 10.2. The van der Waals surface area contributed by atoms with Gasteiger partial charge in [0.1, 0.15) is 5.75 Å². The van der Waals surface area contributed by atoms with Crippen molar-refractivity contribution in [3.05, 3.63) is 18.2 Å². The standard InChI is InChI=1S/C18H29N3O5S.ClH/c1-4-21(5-2)27(23,24)15-7-8-17(26-6-3)16(12-15)20-18(22)11-14-13-25-10-9-19-14;/h7-8,12,14,19H,4-6,9-11,13H2,1-3H3,(H,20,22);1H. The first-order valence-electron chi connectivity index (χ1n) is 9.30. The zero-order valence-corrected chi connectivity index (χ0v) is 18.2. The first kappa shape index (κ1) is 24.6. The quantitative estimate of drug-likeness (QED) is 0.614. The van der Waals surface area contributed by atoms with E-state index in [4.69, 9.17) is 9.47 Å². The van der Waals surface area contributed by atoms with Gasteiger partial charge in [-0.25, -0.2) is 8.42 Å². The number of halogens is 1. The highest BCUT2D eigenvalue weighted by molar-refractivity contribution is 7.89. The molecule has 0 spiro atoms. The number of carbonyl (C=O) groups is 1. The molecular formula is C18H30ClN3O5S. The van der Waals surface area contributed by atoms with Gasteiger partial charge < -0.3 is 20.1 Å². The van der Waals surface area contributed by atoms with Crippen LogP contribution in [0.15, 0.2) is 23.1 Å². The maximum Gasteiger partial charge on any atom is 0.243 e. The van der Waals surface area contributed by atoms with Crippen LogP contribution in [0.4, 0.5) is 5.69 Å². The molecule has 0 bridgehead atoms. The smallest absolute Gasteiger partial charge is 0.243 e. The van der Waals surface area contributed by atoms with E-state index in [0.717, 1.165) is 0 Å². The lowest BCUT2D eigenvalue weighted by molar-refractivity contribution is -0.117. The van der Waals surface area contributed by atoms with E-state index in [2.05, 4.69) is 10.6 Å². The Morgan fingerprint density at radius 1 is 1.32 bits per heavy atom. The molecule has 1 heterocycles. The van der Waals surface area contributed by atoms with Gasteiger partial charge in [0.2, 0.25) is 15.9 Å². The predicted octanol–water partition coefficient (Wildman–Crippen LogP) is 1.85. The van der Waals surface area contributed by atoms with E-state index in [-0.39, 0.29) is 35.7 Å².